The molecular weight excluding hydrogens is 274 g/mol. The predicted octanol–water partition coefficient (Wildman–Crippen LogP) is 2.18. The summed E-state index contributed by atoms with van der Waals surface area (Å²) >= 11 is 1.42. The van der Waals surface area contributed by atoms with Gasteiger partial charge in [-0.05, 0) is 18.8 Å². The average molecular weight is 297 g/mol. The molecule has 0 saturated carbocycles. The number of hydrogen-bond acceptors (Lipinski definition) is 5. The Kier molecular flexibility index (Phi) is 4.42. The van der Waals surface area contributed by atoms with E-state index in [9.17, 15) is 4.79 Å². The van der Waals surface area contributed by atoms with Gasteiger partial charge in [-0.3, -0.25) is 4.79 Å². The van der Waals surface area contributed by atoms with Crippen molar-refractivity contribution in [2.75, 3.05) is 37.4 Å². The van der Waals surface area contributed by atoms with Crippen molar-refractivity contribution in [3.63, 3.8) is 0 Å². The van der Waals surface area contributed by atoms with Crippen molar-refractivity contribution in [2.24, 2.45) is 11.8 Å². The van der Waals surface area contributed by atoms with Crippen LogP contribution in [0.2, 0.25) is 0 Å². The Balaban J connectivity index is 2.34. The summed E-state index contributed by atoms with van der Waals surface area (Å²) in [7, 11) is 1.60. The van der Waals surface area contributed by atoms with Gasteiger partial charge in [-0.15, -0.1) is 11.3 Å². The number of amides is 1. The van der Waals surface area contributed by atoms with Crippen LogP contribution in [0.5, 0.6) is 5.75 Å². The number of nitrogen functional groups attached to an aromatic ring is 1. The Labute approximate surface area is 124 Å². The van der Waals surface area contributed by atoms with Gasteiger partial charge in [-0.1, -0.05) is 13.8 Å². The van der Waals surface area contributed by atoms with Gasteiger partial charge in [-0.25, -0.2) is 0 Å². The number of ether oxygens (including phenoxy) is 1. The molecule has 0 aliphatic carbocycles. The first-order valence-corrected chi connectivity index (χ1v) is 7.80. The van der Waals surface area contributed by atoms with E-state index in [1.54, 1.807) is 7.11 Å². The molecule has 2 atom stereocenters. The minimum absolute atomic E-state index is 0.125. The molecule has 1 saturated heterocycles. The van der Waals surface area contributed by atoms with Gasteiger partial charge in [0.05, 0.1) is 7.11 Å². The Morgan fingerprint density at radius 3 is 2.55 bits per heavy atom. The van der Waals surface area contributed by atoms with Crippen LogP contribution >= 0.6 is 11.3 Å². The highest BCUT2D eigenvalue weighted by Gasteiger charge is 2.31. The average Bonchev–Trinajstić information content (AvgIpc) is 2.90. The second-order valence-electron chi connectivity index (χ2n) is 5.40. The maximum Gasteiger partial charge on any atom is 0.263 e. The van der Waals surface area contributed by atoms with Crippen LogP contribution < -0.4 is 20.7 Å². The molecule has 2 heterocycles. The fourth-order valence-electron chi connectivity index (χ4n) is 2.53. The zero-order valence-electron chi connectivity index (χ0n) is 12.5. The third-order valence-electron chi connectivity index (χ3n) is 3.91. The molecule has 112 valence electrons. The molecule has 1 amide bonds. The lowest BCUT2D eigenvalue weighted by atomic mass is 10.0. The summed E-state index contributed by atoms with van der Waals surface area (Å²) in [6.45, 7) is 8.94. The summed E-state index contributed by atoms with van der Waals surface area (Å²) in [5.74, 6) is 1.78. The highest BCUT2D eigenvalue weighted by Crippen LogP contribution is 2.46. The molecule has 6 heteroatoms. The van der Waals surface area contributed by atoms with E-state index in [1.165, 1.54) is 11.3 Å². The molecule has 1 aromatic heterocycles. The number of methoxy groups -OCH3 is 1. The SMILES string of the molecule is CCNC(=O)c1sc(N2CC(C)C(C)C2)c(OC)c1N. The van der Waals surface area contributed by atoms with Gasteiger partial charge in [0.25, 0.3) is 5.91 Å². The summed E-state index contributed by atoms with van der Waals surface area (Å²) in [5, 5.41) is 3.77. The molecule has 0 spiro atoms. The van der Waals surface area contributed by atoms with Crippen LogP contribution in [0.1, 0.15) is 30.4 Å². The second kappa shape index (κ2) is 5.91. The monoisotopic (exact) mass is 297 g/mol. The highest BCUT2D eigenvalue weighted by atomic mass is 32.1. The zero-order chi connectivity index (χ0) is 14.9. The molecule has 20 heavy (non-hydrogen) atoms. The molecular formula is C14H23N3O2S. The van der Waals surface area contributed by atoms with Crippen LogP contribution in [0.3, 0.4) is 0 Å². The first kappa shape index (κ1) is 15.0. The lowest BCUT2D eigenvalue weighted by molar-refractivity contribution is 0.0960. The van der Waals surface area contributed by atoms with Gasteiger partial charge >= 0.3 is 0 Å². The van der Waals surface area contributed by atoms with Crippen molar-refractivity contribution in [1.82, 2.24) is 5.32 Å². The maximum atomic E-state index is 12.0. The molecule has 3 N–H and O–H groups in total. The summed E-state index contributed by atoms with van der Waals surface area (Å²) in [6.07, 6.45) is 0. The van der Waals surface area contributed by atoms with Crippen molar-refractivity contribution < 1.29 is 9.53 Å². The van der Waals surface area contributed by atoms with Crippen LogP contribution in [0.25, 0.3) is 0 Å². The van der Waals surface area contributed by atoms with Crippen molar-refractivity contribution in [3.05, 3.63) is 4.88 Å². The largest absolute Gasteiger partial charge is 0.492 e. The Morgan fingerprint density at radius 2 is 2.05 bits per heavy atom. The Hall–Kier alpha value is -1.43. The molecule has 1 aromatic rings. The van der Waals surface area contributed by atoms with E-state index in [0.717, 1.165) is 18.1 Å². The molecule has 0 bridgehead atoms. The lowest BCUT2D eigenvalue weighted by Gasteiger charge is -2.17. The van der Waals surface area contributed by atoms with Crippen molar-refractivity contribution in [3.8, 4) is 5.75 Å². The molecule has 0 radical (unpaired) electrons. The van der Waals surface area contributed by atoms with Gasteiger partial charge in [0.2, 0.25) is 0 Å². The van der Waals surface area contributed by atoms with E-state index < -0.39 is 0 Å². The van der Waals surface area contributed by atoms with Crippen LogP contribution in [-0.2, 0) is 0 Å². The number of nitrogens with two attached hydrogens (primary N) is 1. The normalized spacial score (nSPS) is 22.1. The lowest BCUT2D eigenvalue weighted by Crippen LogP contribution is -2.22. The summed E-state index contributed by atoms with van der Waals surface area (Å²) < 4.78 is 5.43. The number of carbonyl (C=O) groups excluding carboxylic acids is 1. The van der Waals surface area contributed by atoms with Gasteiger partial charge in [0, 0.05) is 19.6 Å². The summed E-state index contributed by atoms with van der Waals surface area (Å²) in [5.41, 5.74) is 6.53. The fraction of sp³-hybridized carbons (Fsp3) is 0.643. The van der Waals surface area contributed by atoms with Crippen LogP contribution in [-0.4, -0.2) is 32.7 Å². The van der Waals surface area contributed by atoms with Gasteiger partial charge in [0.15, 0.2) is 5.75 Å². The number of rotatable bonds is 4. The second-order valence-corrected chi connectivity index (χ2v) is 6.40. The standard InChI is InChI=1S/C14H23N3O2S/c1-5-16-13(18)12-10(15)11(19-4)14(20-12)17-6-8(2)9(3)7-17/h8-9H,5-7,15H2,1-4H3,(H,16,18). The number of thiophene rings is 1. The molecule has 0 aromatic carbocycles. The molecule has 1 aliphatic heterocycles. The van der Waals surface area contributed by atoms with Crippen molar-refractivity contribution in [1.29, 1.82) is 0 Å². The molecule has 5 nitrogen and oxygen atoms in total. The van der Waals surface area contributed by atoms with E-state index >= 15 is 0 Å². The third-order valence-corrected chi connectivity index (χ3v) is 5.15. The first-order valence-electron chi connectivity index (χ1n) is 6.98. The molecule has 1 fully saturated rings. The Morgan fingerprint density at radius 1 is 1.45 bits per heavy atom. The minimum atomic E-state index is -0.125. The molecule has 1 aliphatic rings. The smallest absolute Gasteiger partial charge is 0.263 e. The van der Waals surface area contributed by atoms with Gasteiger partial charge in [-0.2, -0.15) is 0 Å². The van der Waals surface area contributed by atoms with Crippen LogP contribution in [0.15, 0.2) is 0 Å². The number of nitrogens with one attached hydrogen (secondary N) is 1. The maximum absolute atomic E-state index is 12.0. The van der Waals surface area contributed by atoms with Crippen molar-refractivity contribution in [2.45, 2.75) is 20.8 Å². The summed E-state index contributed by atoms with van der Waals surface area (Å²) in [4.78, 5) is 14.9. The van der Waals surface area contributed by atoms with E-state index in [1.807, 2.05) is 6.92 Å². The molecule has 2 rings (SSSR count). The topological polar surface area (TPSA) is 67.6 Å². The number of hydrogen-bond donors (Lipinski definition) is 2. The predicted molar refractivity (Wildman–Crippen MR) is 83.8 cm³/mol. The van der Waals surface area contributed by atoms with Gasteiger partial charge in [0.1, 0.15) is 15.6 Å². The number of carbonyl (C=O) groups is 1. The van der Waals surface area contributed by atoms with Crippen LogP contribution in [0.4, 0.5) is 10.7 Å². The van der Waals surface area contributed by atoms with E-state index in [0.29, 0.717) is 34.7 Å². The number of anilines is 2. The van der Waals surface area contributed by atoms with Crippen molar-refractivity contribution >= 4 is 27.9 Å². The Bertz CT molecular complexity index is 491. The highest BCUT2D eigenvalue weighted by molar-refractivity contribution is 7.19. The van der Waals surface area contributed by atoms with E-state index in [2.05, 4.69) is 24.1 Å². The fourth-order valence-corrected chi connectivity index (χ4v) is 3.65. The summed E-state index contributed by atoms with van der Waals surface area (Å²) in [6, 6.07) is 0. The minimum Gasteiger partial charge on any atom is -0.492 e. The first-order chi connectivity index (χ1) is 9.49. The third kappa shape index (κ3) is 2.57. The van der Waals surface area contributed by atoms with Gasteiger partial charge < -0.3 is 20.7 Å². The number of nitrogens with zero attached hydrogens (tertiary/aromatic N) is 1. The molecule has 2 unspecified atom stereocenters. The zero-order valence-corrected chi connectivity index (χ0v) is 13.3. The van der Waals surface area contributed by atoms with E-state index in [4.69, 9.17) is 10.5 Å². The quantitative estimate of drug-likeness (QED) is 0.894. The van der Waals surface area contributed by atoms with E-state index in [-0.39, 0.29) is 5.91 Å². The van der Waals surface area contributed by atoms with Crippen LogP contribution in [0, 0.1) is 11.8 Å².